The van der Waals surface area contributed by atoms with E-state index >= 15 is 0 Å². The number of nitro groups is 2. The Bertz CT molecular complexity index is 795. The van der Waals surface area contributed by atoms with E-state index in [0.717, 1.165) is 49.3 Å². The molecule has 3 atom stereocenters. The Morgan fingerprint density at radius 1 is 0.794 bits per heavy atom. The maximum atomic E-state index is 12.3. The van der Waals surface area contributed by atoms with Gasteiger partial charge in [0.05, 0.1) is 15.9 Å². The van der Waals surface area contributed by atoms with Crippen molar-refractivity contribution in [3.05, 3.63) is 38.4 Å². The zero-order valence-electron chi connectivity index (χ0n) is 21.5. The van der Waals surface area contributed by atoms with Crippen LogP contribution in [0, 0.1) is 43.9 Å². The molecule has 0 aliphatic heterocycles. The zero-order chi connectivity index (χ0) is 25.7. The Labute approximate surface area is 203 Å². The average Bonchev–Trinajstić information content (AvgIpc) is 2.73. The third-order valence-electron chi connectivity index (χ3n) is 6.36. The number of nitro benzene ring substituents is 2. The minimum atomic E-state index is -0.785. The fraction of sp³-hybridized carbons (Fsp3) is 0.731. The zero-order valence-corrected chi connectivity index (χ0v) is 21.5. The lowest BCUT2D eigenvalue weighted by Crippen LogP contribution is -2.13. The molecule has 0 heterocycles. The van der Waals surface area contributed by atoms with E-state index in [2.05, 4.69) is 27.7 Å². The summed E-state index contributed by atoms with van der Waals surface area (Å²) < 4.78 is 5.15. The molecule has 0 N–H and O–H groups in total. The molecule has 0 aliphatic rings. The Kier molecular flexibility index (Phi) is 13.4. The van der Waals surface area contributed by atoms with Crippen LogP contribution >= 0.6 is 0 Å². The summed E-state index contributed by atoms with van der Waals surface area (Å²) in [7, 11) is 0. The van der Waals surface area contributed by atoms with E-state index < -0.39 is 27.2 Å². The Balaban J connectivity index is 2.31. The molecule has 0 saturated heterocycles. The van der Waals surface area contributed by atoms with Crippen LogP contribution in [0.25, 0.3) is 0 Å². The predicted octanol–water partition coefficient (Wildman–Crippen LogP) is 7.87. The van der Waals surface area contributed by atoms with E-state index in [4.69, 9.17) is 4.74 Å². The number of hydrogen-bond acceptors (Lipinski definition) is 6. The maximum absolute atomic E-state index is 12.3. The van der Waals surface area contributed by atoms with Gasteiger partial charge in [0, 0.05) is 12.5 Å². The molecular weight excluding hydrogens is 436 g/mol. The summed E-state index contributed by atoms with van der Waals surface area (Å²) in [6.07, 6.45) is 10.9. The van der Waals surface area contributed by atoms with Crippen LogP contribution in [0.5, 0.6) is 5.75 Å². The number of carbonyl (C=O) groups is 1. The second-order valence-electron chi connectivity index (χ2n) is 10.3. The summed E-state index contributed by atoms with van der Waals surface area (Å²) in [6.45, 7) is 11.2. The van der Waals surface area contributed by atoms with Crippen molar-refractivity contribution < 1.29 is 19.4 Å². The quantitative estimate of drug-likeness (QED) is 0.0974. The Morgan fingerprint density at radius 3 is 1.76 bits per heavy atom. The largest absolute Gasteiger partial charge is 0.419 e. The lowest BCUT2D eigenvalue weighted by atomic mass is 9.91. The molecular formula is C26H42N2O6. The van der Waals surface area contributed by atoms with Crippen LogP contribution in [0.4, 0.5) is 11.4 Å². The molecule has 3 unspecified atom stereocenters. The van der Waals surface area contributed by atoms with E-state index in [1.54, 1.807) is 0 Å². The number of ether oxygens (including phenoxy) is 1. The SMILES string of the molecule is CC(C)CCCC(C)CCCC(C)CCCC(C)CC(=O)Oc1ccc([N+](=O)[O-])cc1[N+](=O)[O-]. The van der Waals surface area contributed by atoms with Crippen LogP contribution in [0.1, 0.15) is 98.8 Å². The molecule has 0 amide bonds. The van der Waals surface area contributed by atoms with Crippen LogP contribution in [0.3, 0.4) is 0 Å². The molecule has 0 bridgehead atoms. The van der Waals surface area contributed by atoms with Gasteiger partial charge in [-0.25, -0.2) is 0 Å². The fourth-order valence-corrected chi connectivity index (χ4v) is 4.19. The van der Waals surface area contributed by atoms with E-state index in [9.17, 15) is 25.0 Å². The second kappa shape index (κ2) is 15.4. The number of non-ortho nitro benzene ring substituents is 1. The highest BCUT2D eigenvalue weighted by Gasteiger charge is 2.23. The van der Waals surface area contributed by atoms with Gasteiger partial charge in [0.2, 0.25) is 5.75 Å². The van der Waals surface area contributed by atoms with Crippen molar-refractivity contribution >= 4 is 17.3 Å². The Morgan fingerprint density at radius 2 is 1.29 bits per heavy atom. The van der Waals surface area contributed by atoms with Gasteiger partial charge < -0.3 is 4.74 Å². The summed E-state index contributed by atoms with van der Waals surface area (Å²) >= 11 is 0. The van der Waals surface area contributed by atoms with Crippen molar-refractivity contribution in [1.29, 1.82) is 0 Å². The number of hydrogen-bond donors (Lipinski definition) is 0. The highest BCUT2D eigenvalue weighted by Crippen LogP contribution is 2.31. The number of benzene rings is 1. The molecule has 1 aromatic carbocycles. The average molecular weight is 479 g/mol. The lowest BCUT2D eigenvalue weighted by molar-refractivity contribution is -0.394. The maximum Gasteiger partial charge on any atom is 0.318 e. The van der Waals surface area contributed by atoms with Gasteiger partial charge in [-0.1, -0.05) is 92.4 Å². The topological polar surface area (TPSA) is 113 Å². The predicted molar refractivity (Wildman–Crippen MR) is 134 cm³/mol. The first-order valence-electron chi connectivity index (χ1n) is 12.6. The highest BCUT2D eigenvalue weighted by atomic mass is 16.6. The molecule has 0 aliphatic carbocycles. The summed E-state index contributed by atoms with van der Waals surface area (Å²) in [4.78, 5) is 32.7. The molecule has 192 valence electrons. The molecule has 34 heavy (non-hydrogen) atoms. The van der Waals surface area contributed by atoms with Crippen molar-refractivity contribution in [3.8, 4) is 5.75 Å². The molecule has 0 spiro atoms. The van der Waals surface area contributed by atoms with E-state index in [0.29, 0.717) is 5.92 Å². The van der Waals surface area contributed by atoms with Crippen LogP contribution in [-0.2, 0) is 4.79 Å². The van der Waals surface area contributed by atoms with Gasteiger partial charge in [0.15, 0.2) is 0 Å². The molecule has 8 nitrogen and oxygen atoms in total. The number of rotatable bonds is 17. The van der Waals surface area contributed by atoms with Crippen LogP contribution in [0.15, 0.2) is 18.2 Å². The molecule has 1 rings (SSSR count). The second-order valence-corrected chi connectivity index (χ2v) is 10.3. The van der Waals surface area contributed by atoms with Gasteiger partial charge in [-0.05, 0) is 29.7 Å². The van der Waals surface area contributed by atoms with Crippen LogP contribution in [0.2, 0.25) is 0 Å². The van der Waals surface area contributed by atoms with Gasteiger partial charge in [-0.15, -0.1) is 0 Å². The minimum Gasteiger partial charge on any atom is -0.419 e. The standard InChI is InChI=1S/C26H42N2O6/c1-19(2)9-6-10-20(3)11-7-12-21(4)13-8-14-22(5)17-26(29)34-25-16-15-23(27(30)31)18-24(25)28(32)33/h15-16,18-22H,6-14,17H2,1-5H3. The summed E-state index contributed by atoms with van der Waals surface area (Å²) in [6, 6.07) is 3.00. The molecule has 8 heteroatoms. The normalized spacial score (nSPS) is 13.9. The minimum absolute atomic E-state index is 0.0952. The number of esters is 1. The van der Waals surface area contributed by atoms with Gasteiger partial charge in [0.25, 0.3) is 5.69 Å². The van der Waals surface area contributed by atoms with Crippen molar-refractivity contribution in [2.75, 3.05) is 0 Å². The van der Waals surface area contributed by atoms with Crippen molar-refractivity contribution in [3.63, 3.8) is 0 Å². The van der Waals surface area contributed by atoms with Crippen molar-refractivity contribution in [2.45, 2.75) is 98.8 Å². The lowest BCUT2D eigenvalue weighted by Gasteiger charge is -2.16. The first-order chi connectivity index (χ1) is 16.0. The first kappa shape index (κ1) is 29.5. The fourth-order valence-electron chi connectivity index (χ4n) is 4.19. The molecule has 0 radical (unpaired) electrons. The van der Waals surface area contributed by atoms with Crippen molar-refractivity contribution in [2.24, 2.45) is 23.7 Å². The van der Waals surface area contributed by atoms with Gasteiger partial charge in [-0.3, -0.25) is 25.0 Å². The molecule has 0 aromatic heterocycles. The highest BCUT2D eigenvalue weighted by molar-refractivity contribution is 5.74. The van der Waals surface area contributed by atoms with Gasteiger partial charge in [0.1, 0.15) is 0 Å². The summed E-state index contributed by atoms with van der Waals surface area (Å²) in [5, 5.41) is 22.0. The van der Waals surface area contributed by atoms with Gasteiger partial charge >= 0.3 is 11.7 Å². The first-order valence-corrected chi connectivity index (χ1v) is 12.6. The molecule has 0 fully saturated rings. The third kappa shape index (κ3) is 12.1. The smallest absolute Gasteiger partial charge is 0.318 e. The Hall–Kier alpha value is -2.51. The van der Waals surface area contributed by atoms with Gasteiger partial charge in [-0.2, -0.15) is 0 Å². The van der Waals surface area contributed by atoms with Crippen LogP contribution in [-0.4, -0.2) is 15.8 Å². The summed E-state index contributed by atoms with van der Waals surface area (Å²) in [5.41, 5.74) is -1.01. The van der Waals surface area contributed by atoms with E-state index in [-0.39, 0.29) is 18.1 Å². The number of carbonyl (C=O) groups excluding carboxylic acids is 1. The van der Waals surface area contributed by atoms with E-state index in [1.165, 1.54) is 38.5 Å². The van der Waals surface area contributed by atoms with Crippen molar-refractivity contribution in [1.82, 2.24) is 0 Å². The van der Waals surface area contributed by atoms with Crippen LogP contribution < -0.4 is 4.74 Å². The number of nitrogens with zero attached hydrogens (tertiary/aromatic N) is 2. The summed E-state index contributed by atoms with van der Waals surface area (Å²) in [5.74, 6) is 1.51. The van der Waals surface area contributed by atoms with E-state index in [1.807, 2.05) is 6.92 Å². The monoisotopic (exact) mass is 478 g/mol. The molecule has 0 saturated carbocycles. The third-order valence-corrected chi connectivity index (χ3v) is 6.36. The molecule has 1 aromatic rings.